The van der Waals surface area contributed by atoms with E-state index in [0.29, 0.717) is 34.8 Å². The second kappa shape index (κ2) is 8.48. The Hall–Kier alpha value is -3.87. The van der Waals surface area contributed by atoms with E-state index in [4.69, 9.17) is 0 Å². The number of hydrogen-bond donors (Lipinski definition) is 1. The number of imidazole rings is 1. The van der Waals surface area contributed by atoms with Gasteiger partial charge in [-0.3, -0.25) is 9.48 Å². The number of aromatic nitrogens is 4. The molecule has 4 aromatic rings. The highest BCUT2D eigenvalue weighted by Gasteiger charge is 2.31. The van der Waals surface area contributed by atoms with Crippen molar-refractivity contribution in [2.45, 2.75) is 39.5 Å². The molecule has 0 aliphatic carbocycles. The lowest BCUT2D eigenvalue weighted by molar-refractivity contribution is 0.102. The summed E-state index contributed by atoms with van der Waals surface area (Å²) < 4.78 is 17.9. The number of nitrogens with zero attached hydrogens (tertiary/aromatic N) is 6. The molecular formula is C24H25BFN7O. The average Bonchev–Trinajstić information content (AvgIpc) is 3.55. The monoisotopic (exact) mass is 457 g/mol. The minimum Gasteiger partial charge on any atom is -0.371 e. The van der Waals surface area contributed by atoms with Crippen LogP contribution >= 0.6 is 0 Å². The number of nitriles is 1. The molecule has 0 radical (unpaired) electrons. The molecule has 1 aliphatic heterocycles. The number of aryl methyl sites for hydroxylation is 2. The van der Waals surface area contributed by atoms with Crippen molar-refractivity contribution < 1.29 is 9.18 Å². The summed E-state index contributed by atoms with van der Waals surface area (Å²) in [5.41, 5.74) is 3.30. The fourth-order valence-corrected chi connectivity index (χ4v) is 4.73. The van der Waals surface area contributed by atoms with Crippen LogP contribution in [0.5, 0.6) is 0 Å². The minimum atomic E-state index is -0.503. The molecule has 1 atom stereocenters. The molecule has 1 aromatic carbocycles. The Kier molecular flexibility index (Phi) is 5.48. The average molecular weight is 457 g/mol. The fourth-order valence-electron chi connectivity index (χ4n) is 4.73. The van der Waals surface area contributed by atoms with Gasteiger partial charge in [-0.1, -0.05) is 6.82 Å². The van der Waals surface area contributed by atoms with Crippen molar-refractivity contribution in [2.24, 2.45) is 0 Å². The third-order valence-corrected chi connectivity index (χ3v) is 6.63. The Labute approximate surface area is 197 Å². The highest BCUT2D eigenvalue weighted by atomic mass is 19.1. The number of fused-ring (bicyclic) bond motifs is 2. The number of pyridine rings is 1. The van der Waals surface area contributed by atoms with Gasteiger partial charge in [0.15, 0.2) is 11.5 Å². The normalized spacial score (nSPS) is 15.7. The maximum absolute atomic E-state index is 14.5. The summed E-state index contributed by atoms with van der Waals surface area (Å²) in [6, 6.07) is 5.00. The Morgan fingerprint density at radius 2 is 2.18 bits per heavy atom. The number of carbonyl (C=O) groups excluding carboxylic acids is 1. The van der Waals surface area contributed by atoms with Crippen molar-refractivity contribution in [3.8, 4) is 5.97 Å². The first-order valence-corrected chi connectivity index (χ1v) is 11.5. The van der Waals surface area contributed by atoms with Gasteiger partial charge in [-0.15, -0.1) is 0 Å². The van der Waals surface area contributed by atoms with E-state index in [2.05, 4.69) is 26.3 Å². The molecule has 0 saturated carbocycles. The summed E-state index contributed by atoms with van der Waals surface area (Å²) in [5.74, 6) is 1.83. The van der Waals surface area contributed by atoms with Crippen LogP contribution in [-0.2, 0) is 6.54 Å². The topological polar surface area (TPSA) is 91.2 Å². The third kappa shape index (κ3) is 3.77. The van der Waals surface area contributed by atoms with Crippen LogP contribution in [0.3, 0.4) is 0 Å². The highest BCUT2D eigenvalue weighted by molar-refractivity contribution is 6.67. The van der Waals surface area contributed by atoms with Gasteiger partial charge in [0.1, 0.15) is 5.52 Å². The maximum Gasteiger partial charge on any atom is 0.269 e. The molecule has 172 valence electrons. The van der Waals surface area contributed by atoms with E-state index in [1.165, 1.54) is 6.07 Å². The molecule has 0 bridgehead atoms. The van der Waals surface area contributed by atoms with E-state index in [-0.39, 0.29) is 18.3 Å². The summed E-state index contributed by atoms with van der Waals surface area (Å²) in [7, 11) is 0. The number of hydrogen-bond acceptors (Lipinski definition) is 5. The summed E-state index contributed by atoms with van der Waals surface area (Å²) in [6.45, 7) is 8.09. The van der Waals surface area contributed by atoms with E-state index in [1.54, 1.807) is 29.8 Å². The molecule has 3 aromatic heterocycles. The molecule has 1 N–H and O–H groups in total. The van der Waals surface area contributed by atoms with Crippen LogP contribution in [-0.4, -0.2) is 44.9 Å². The van der Waals surface area contributed by atoms with Gasteiger partial charge in [-0.05, 0) is 38.2 Å². The van der Waals surface area contributed by atoms with E-state index in [0.717, 1.165) is 30.6 Å². The first-order valence-electron chi connectivity index (χ1n) is 11.5. The number of carbonyl (C=O) groups is 1. The first kappa shape index (κ1) is 22.0. The van der Waals surface area contributed by atoms with Gasteiger partial charge < -0.3 is 14.6 Å². The maximum atomic E-state index is 14.5. The summed E-state index contributed by atoms with van der Waals surface area (Å²) >= 11 is 0. The Morgan fingerprint density at radius 3 is 2.94 bits per heavy atom. The van der Waals surface area contributed by atoms with Gasteiger partial charge in [-0.2, -0.15) is 5.10 Å². The van der Waals surface area contributed by atoms with E-state index in [9.17, 15) is 14.4 Å². The van der Waals surface area contributed by atoms with E-state index >= 15 is 0 Å². The molecule has 1 saturated heterocycles. The Balaban J connectivity index is 1.48. The number of rotatable bonds is 5. The van der Waals surface area contributed by atoms with Gasteiger partial charge >= 0.3 is 0 Å². The second-order valence-corrected chi connectivity index (χ2v) is 8.94. The SMILES string of the molecule is CCn1cc2c(N3CCC(B(C)C#N)C3)ccc(C(=O)Nc3cc(F)c4nc(C)cn4c3)c2n1. The zero-order valence-corrected chi connectivity index (χ0v) is 19.4. The number of benzene rings is 1. The Bertz CT molecular complexity index is 1450. The van der Waals surface area contributed by atoms with Gasteiger partial charge in [0.25, 0.3) is 12.6 Å². The van der Waals surface area contributed by atoms with Crippen LogP contribution in [0.4, 0.5) is 15.8 Å². The van der Waals surface area contributed by atoms with Gasteiger partial charge in [0, 0.05) is 61.3 Å². The van der Waals surface area contributed by atoms with Crippen LogP contribution in [0.15, 0.2) is 36.8 Å². The van der Waals surface area contributed by atoms with Gasteiger partial charge in [-0.25, -0.2) is 14.6 Å². The largest absolute Gasteiger partial charge is 0.371 e. The number of anilines is 2. The molecule has 4 heterocycles. The molecule has 5 rings (SSSR count). The lowest BCUT2D eigenvalue weighted by Gasteiger charge is -2.20. The quantitative estimate of drug-likeness (QED) is 0.455. The van der Waals surface area contributed by atoms with Crippen molar-refractivity contribution in [1.29, 1.82) is 5.26 Å². The van der Waals surface area contributed by atoms with Crippen LogP contribution < -0.4 is 10.2 Å². The number of halogens is 1. The van der Waals surface area contributed by atoms with Crippen molar-refractivity contribution in [3.05, 3.63) is 53.9 Å². The van der Waals surface area contributed by atoms with Crippen LogP contribution in [0.1, 0.15) is 29.4 Å². The van der Waals surface area contributed by atoms with Crippen LogP contribution in [0.25, 0.3) is 16.6 Å². The predicted octanol–water partition coefficient (Wildman–Crippen LogP) is 4.17. The minimum absolute atomic E-state index is 0.000857. The molecule has 1 aliphatic rings. The molecule has 34 heavy (non-hydrogen) atoms. The molecule has 1 amide bonds. The van der Waals surface area contributed by atoms with Crippen molar-refractivity contribution in [1.82, 2.24) is 19.2 Å². The van der Waals surface area contributed by atoms with E-state index < -0.39 is 5.82 Å². The molecule has 10 heteroatoms. The number of amides is 1. The fraction of sp³-hybridized carbons (Fsp3) is 0.333. The van der Waals surface area contributed by atoms with Gasteiger partial charge in [0.2, 0.25) is 0 Å². The summed E-state index contributed by atoms with van der Waals surface area (Å²) in [6.07, 6.45) is 6.28. The summed E-state index contributed by atoms with van der Waals surface area (Å²) in [5, 5.41) is 17.7. The lowest BCUT2D eigenvalue weighted by Crippen LogP contribution is -2.23. The lowest BCUT2D eigenvalue weighted by atomic mass is 9.44. The second-order valence-electron chi connectivity index (χ2n) is 8.94. The molecule has 0 spiro atoms. The predicted molar refractivity (Wildman–Crippen MR) is 131 cm³/mol. The molecule has 1 unspecified atom stereocenters. The Morgan fingerprint density at radius 1 is 1.35 bits per heavy atom. The number of nitrogens with one attached hydrogen (secondary N) is 1. The van der Waals surface area contributed by atoms with Crippen molar-refractivity contribution >= 4 is 40.5 Å². The molecule has 8 nitrogen and oxygen atoms in total. The zero-order chi connectivity index (χ0) is 24.0. The highest BCUT2D eigenvalue weighted by Crippen LogP contribution is 2.35. The van der Waals surface area contributed by atoms with E-state index in [1.807, 2.05) is 30.7 Å². The van der Waals surface area contributed by atoms with Crippen LogP contribution in [0.2, 0.25) is 12.6 Å². The van der Waals surface area contributed by atoms with Crippen molar-refractivity contribution in [2.75, 3.05) is 23.3 Å². The van der Waals surface area contributed by atoms with Crippen LogP contribution in [0, 0.1) is 24.0 Å². The summed E-state index contributed by atoms with van der Waals surface area (Å²) in [4.78, 5) is 19.7. The third-order valence-electron chi connectivity index (χ3n) is 6.63. The molecule has 1 fully saturated rings. The smallest absolute Gasteiger partial charge is 0.269 e. The first-order chi connectivity index (χ1) is 16.4. The zero-order valence-electron chi connectivity index (χ0n) is 19.4. The van der Waals surface area contributed by atoms with Crippen molar-refractivity contribution in [3.63, 3.8) is 0 Å². The standard InChI is InChI=1S/C24H25BFN7O/c1-4-33-13-19-21(31-8-7-16(11-31)25(3)14-27)6-5-18(22(19)30-33)24(34)29-17-9-20(26)23-28-15(2)10-32(23)12-17/h5-6,9-10,12-13,16H,4,7-8,11H2,1-3H3,(H,29,34). The molecular weight excluding hydrogens is 432 g/mol. The van der Waals surface area contributed by atoms with Gasteiger partial charge in [0.05, 0.1) is 16.9 Å².